The van der Waals surface area contributed by atoms with Crippen LogP contribution in [0.1, 0.15) is 46.9 Å². The second-order valence-electron chi connectivity index (χ2n) is 9.26. The van der Waals surface area contributed by atoms with Crippen LogP contribution in [-0.2, 0) is 16.0 Å². The summed E-state index contributed by atoms with van der Waals surface area (Å²) < 4.78 is 11.1. The number of nitro groups is 1. The maximum absolute atomic E-state index is 13.5. The van der Waals surface area contributed by atoms with Gasteiger partial charge in [0.15, 0.2) is 6.61 Å². The third-order valence-corrected chi connectivity index (χ3v) is 6.61. The first-order valence-corrected chi connectivity index (χ1v) is 13.0. The Kier molecular flexibility index (Phi) is 7.82. The molecule has 0 bridgehead atoms. The van der Waals surface area contributed by atoms with Crippen LogP contribution in [0.2, 0.25) is 0 Å². The van der Waals surface area contributed by atoms with E-state index in [1.54, 1.807) is 30.3 Å². The molecule has 40 heavy (non-hydrogen) atoms. The van der Waals surface area contributed by atoms with Gasteiger partial charge in [0.1, 0.15) is 5.75 Å². The third-order valence-electron chi connectivity index (χ3n) is 6.61. The summed E-state index contributed by atoms with van der Waals surface area (Å²) in [6.07, 6.45) is 4.11. The normalized spacial score (nSPS) is 13.5. The van der Waals surface area contributed by atoms with E-state index in [2.05, 4.69) is 5.32 Å². The second kappa shape index (κ2) is 11.8. The zero-order valence-electron chi connectivity index (χ0n) is 21.9. The molecular weight excluding hydrogens is 510 g/mol. The Bertz CT molecular complexity index is 1630. The van der Waals surface area contributed by atoms with Gasteiger partial charge < -0.3 is 14.8 Å². The van der Waals surface area contributed by atoms with Crippen molar-refractivity contribution in [3.8, 4) is 5.75 Å². The minimum Gasteiger partial charge on any atom is -0.492 e. The van der Waals surface area contributed by atoms with Gasteiger partial charge in [-0.15, -0.1) is 0 Å². The van der Waals surface area contributed by atoms with E-state index < -0.39 is 23.4 Å². The highest BCUT2D eigenvalue weighted by molar-refractivity contribution is 6.07. The highest BCUT2D eigenvalue weighted by Gasteiger charge is 2.26. The van der Waals surface area contributed by atoms with Crippen LogP contribution in [0.5, 0.6) is 5.75 Å². The van der Waals surface area contributed by atoms with Crippen LogP contribution in [-0.4, -0.2) is 35.0 Å². The van der Waals surface area contributed by atoms with E-state index in [4.69, 9.17) is 14.5 Å². The van der Waals surface area contributed by atoms with Crippen molar-refractivity contribution in [1.82, 2.24) is 4.98 Å². The predicted molar refractivity (Wildman–Crippen MR) is 152 cm³/mol. The van der Waals surface area contributed by atoms with Gasteiger partial charge in [0.25, 0.3) is 11.6 Å². The first-order chi connectivity index (χ1) is 19.4. The smallest absolute Gasteiger partial charge is 0.339 e. The minimum absolute atomic E-state index is 0.0192. The maximum atomic E-state index is 13.5. The number of non-ortho nitro benzene ring substituents is 1. The average molecular weight is 538 g/mol. The van der Waals surface area contributed by atoms with Gasteiger partial charge in [-0.1, -0.05) is 30.3 Å². The number of hydrogen-bond donors (Lipinski definition) is 1. The number of esters is 1. The first kappa shape index (κ1) is 26.6. The molecule has 5 rings (SSSR count). The zero-order valence-corrected chi connectivity index (χ0v) is 21.9. The summed E-state index contributed by atoms with van der Waals surface area (Å²) in [6, 6.07) is 20.7. The molecule has 1 aromatic heterocycles. The summed E-state index contributed by atoms with van der Waals surface area (Å²) in [4.78, 5) is 41.6. The Morgan fingerprint density at radius 2 is 1.77 bits per heavy atom. The number of aromatic nitrogens is 1. The number of anilines is 1. The number of nitrogens with one attached hydrogen (secondary N) is 1. The van der Waals surface area contributed by atoms with E-state index in [9.17, 15) is 19.7 Å². The Morgan fingerprint density at radius 1 is 1.02 bits per heavy atom. The van der Waals surface area contributed by atoms with Gasteiger partial charge in [0.2, 0.25) is 0 Å². The standard InChI is InChI=1S/C31H27N3O6/c1-2-39-27-13-6-5-12-26(27)32-28(35)19-40-31(36)29-23-9-3-4-11-25(23)33-30-21(8-7-10-24(29)30)18-20-14-16-22(17-15-20)34(37)38/h3-6,9,11-18H,2,7-8,10,19H2,1H3,(H,32,35)/b21-18+. The average Bonchev–Trinajstić information content (AvgIpc) is 2.96. The Morgan fingerprint density at radius 3 is 2.55 bits per heavy atom. The van der Waals surface area contributed by atoms with E-state index in [1.807, 2.05) is 43.3 Å². The minimum atomic E-state index is -0.598. The molecule has 1 aliphatic rings. The first-order valence-electron chi connectivity index (χ1n) is 13.0. The van der Waals surface area contributed by atoms with Crippen LogP contribution < -0.4 is 10.1 Å². The van der Waals surface area contributed by atoms with Crippen molar-refractivity contribution in [1.29, 1.82) is 0 Å². The number of carbonyl (C=O) groups is 2. The topological polar surface area (TPSA) is 121 Å². The van der Waals surface area contributed by atoms with Crippen LogP contribution >= 0.6 is 0 Å². The molecule has 9 heteroatoms. The van der Waals surface area contributed by atoms with Crippen LogP contribution in [0.25, 0.3) is 22.6 Å². The van der Waals surface area contributed by atoms with Crippen LogP contribution in [0, 0.1) is 10.1 Å². The zero-order chi connectivity index (χ0) is 28.1. The van der Waals surface area contributed by atoms with Gasteiger partial charge in [0, 0.05) is 17.5 Å². The van der Waals surface area contributed by atoms with Gasteiger partial charge in [-0.25, -0.2) is 9.78 Å². The molecule has 0 saturated heterocycles. The Hall–Kier alpha value is -5.05. The van der Waals surface area contributed by atoms with E-state index in [0.717, 1.165) is 29.5 Å². The molecular formula is C31H27N3O6. The molecule has 0 atom stereocenters. The number of para-hydroxylation sites is 3. The van der Waals surface area contributed by atoms with Gasteiger partial charge in [-0.2, -0.15) is 0 Å². The molecule has 0 aliphatic heterocycles. The fourth-order valence-corrected chi connectivity index (χ4v) is 4.84. The van der Waals surface area contributed by atoms with Gasteiger partial charge in [-0.05, 0) is 79.3 Å². The highest BCUT2D eigenvalue weighted by Crippen LogP contribution is 2.36. The summed E-state index contributed by atoms with van der Waals surface area (Å²) in [7, 11) is 0. The molecule has 3 aromatic carbocycles. The maximum Gasteiger partial charge on any atom is 0.339 e. The molecule has 1 amide bonds. The lowest BCUT2D eigenvalue weighted by molar-refractivity contribution is -0.384. The van der Waals surface area contributed by atoms with Crippen molar-refractivity contribution in [3.05, 3.63) is 105 Å². The summed E-state index contributed by atoms with van der Waals surface area (Å²) in [5, 5.41) is 14.4. The summed E-state index contributed by atoms with van der Waals surface area (Å²) in [6.45, 7) is 1.84. The molecule has 202 valence electrons. The molecule has 9 nitrogen and oxygen atoms in total. The van der Waals surface area contributed by atoms with Crippen molar-refractivity contribution < 1.29 is 24.0 Å². The SMILES string of the molecule is CCOc1ccccc1NC(=O)COC(=O)c1c2c(nc3ccccc13)/C(=C/c1ccc([N+](=O)[O-])cc1)CCC2. The number of rotatable bonds is 8. The fourth-order valence-electron chi connectivity index (χ4n) is 4.84. The number of hydrogen-bond acceptors (Lipinski definition) is 7. The van der Waals surface area contributed by atoms with Crippen molar-refractivity contribution in [2.75, 3.05) is 18.5 Å². The number of allylic oxidation sites excluding steroid dienone is 1. The number of benzene rings is 3. The van der Waals surface area contributed by atoms with E-state index in [0.29, 0.717) is 46.6 Å². The largest absolute Gasteiger partial charge is 0.492 e. The van der Waals surface area contributed by atoms with Crippen molar-refractivity contribution in [2.45, 2.75) is 26.2 Å². The predicted octanol–water partition coefficient (Wildman–Crippen LogP) is 6.21. The molecule has 1 heterocycles. The van der Waals surface area contributed by atoms with Crippen LogP contribution in [0.4, 0.5) is 11.4 Å². The number of nitrogens with zero attached hydrogens (tertiary/aromatic N) is 2. The van der Waals surface area contributed by atoms with E-state index in [1.165, 1.54) is 12.1 Å². The molecule has 4 aromatic rings. The van der Waals surface area contributed by atoms with Crippen molar-refractivity contribution in [2.24, 2.45) is 0 Å². The lowest BCUT2D eigenvalue weighted by Gasteiger charge is -2.22. The summed E-state index contributed by atoms with van der Waals surface area (Å²) >= 11 is 0. The molecule has 0 saturated carbocycles. The van der Waals surface area contributed by atoms with Crippen LogP contribution in [0.3, 0.4) is 0 Å². The van der Waals surface area contributed by atoms with E-state index in [-0.39, 0.29) is 5.69 Å². The number of pyridine rings is 1. The van der Waals surface area contributed by atoms with E-state index >= 15 is 0 Å². The summed E-state index contributed by atoms with van der Waals surface area (Å²) in [5.74, 6) is -0.544. The number of amides is 1. The number of ether oxygens (including phenoxy) is 2. The Labute approximate surface area is 230 Å². The quantitative estimate of drug-likeness (QED) is 0.161. The molecule has 0 fully saturated rings. The number of carbonyl (C=O) groups excluding carboxylic acids is 2. The monoisotopic (exact) mass is 537 g/mol. The molecule has 1 aliphatic carbocycles. The molecule has 0 spiro atoms. The number of nitro benzene ring substituents is 1. The molecule has 1 N–H and O–H groups in total. The van der Waals surface area contributed by atoms with Gasteiger partial charge >= 0.3 is 5.97 Å². The molecule has 0 unspecified atom stereocenters. The number of fused-ring (bicyclic) bond motifs is 2. The molecule has 0 radical (unpaired) electrons. The van der Waals surface area contributed by atoms with Gasteiger partial charge in [0.05, 0.1) is 34.0 Å². The van der Waals surface area contributed by atoms with Crippen molar-refractivity contribution in [3.63, 3.8) is 0 Å². The third kappa shape index (κ3) is 5.68. The van der Waals surface area contributed by atoms with Crippen molar-refractivity contribution >= 4 is 45.8 Å². The lowest BCUT2D eigenvalue weighted by atomic mass is 9.86. The highest BCUT2D eigenvalue weighted by atomic mass is 16.6. The summed E-state index contributed by atoms with van der Waals surface area (Å²) in [5.41, 5.74) is 4.76. The second-order valence-corrected chi connectivity index (χ2v) is 9.26. The van der Waals surface area contributed by atoms with Gasteiger partial charge in [-0.3, -0.25) is 14.9 Å². The van der Waals surface area contributed by atoms with Crippen LogP contribution in [0.15, 0.2) is 72.8 Å². The lowest BCUT2D eigenvalue weighted by Crippen LogP contribution is -2.23. The Balaban J connectivity index is 1.43. The fraction of sp³-hybridized carbons (Fsp3) is 0.194.